The lowest BCUT2D eigenvalue weighted by molar-refractivity contribution is -0.384. The molecule has 0 spiro atoms. The SMILES string of the molecule is O=[N+]([O-])c1cccnc1NCCN(c1cccnc1NCCNc1ccc(Cl)cc1)S(=O)(=O)c1ccc(Cl)cc1. The van der Waals surface area contributed by atoms with Gasteiger partial charge >= 0.3 is 5.69 Å². The lowest BCUT2D eigenvalue weighted by Gasteiger charge is -2.26. The highest BCUT2D eigenvalue weighted by atomic mass is 35.5. The smallest absolute Gasteiger partial charge is 0.311 e. The third kappa shape index (κ3) is 7.29. The van der Waals surface area contributed by atoms with E-state index < -0.39 is 14.9 Å². The van der Waals surface area contributed by atoms with Crippen LogP contribution in [0.5, 0.6) is 0 Å². The van der Waals surface area contributed by atoms with Gasteiger partial charge in [0, 0.05) is 53.8 Å². The maximum absolute atomic E-state index is 13.8. The Morgan fingerprint density at radius 3 is 2.02 bits per heavy atom. The molecule has 0 saturated carbocycles. The highest BCUT2D eigenvalue weighted by Crippen LogP contribution is 2.30. The average molecular weight is 603 g/mol. The van der Waals surface area contributed by atoms with Crippen LogP contribution in [0.3, 0.4) is 0 Å². The first kappa shape index (κ1) is 28.9. The lowest BCUT2D eigenvalue weighted by atomic mass is 10.3. The van der Waals surface area contributed by atoms with E-state index >= 15 is 0 Å². The summed E-state index contributed by atoms with van der Waals surface area (Å²) >= 11 is 11.9. The average Bonchev–Trinajstić information content (AvgIpc) is 2.95. The second-order valence-corrected chi connectivity index (χ2v) is 11.1. The number of halogens is 2. The van der Waals surface area contributed by atoms with Crippen LogP contribution in [0, 0.1) is 10.1 Å². The fourth-order valence-corrected chi connectivity index (χ4v) is 5.47. The molecule has 0 aliphatic heterocycles. The van der Waals surface area contributed by atoms with Gasteiger partial charge < -0.3 is 16.0 Å². The Labute approximate surface area is 241 Å². The first-order valence-corrected chi connectivity index (χ1v) is 14.3. The van der Waals surface area contributed by atoms with Gasteiger partial charge in [-0.2, -0.15) is 0 Å². The molecule has 0 aliphatic carbocycles. The van der Waals surface area contributed by atoms with Crippen molar-refractivity contribution in [3.8, 4) is 0 Å². The van der Waals surface area contributed by atoms with Crippen molar-refractivity contribution in [2.45, 2.75) is 4.90 Å². The zero-order chi connectivity index (χ0) is 28.5. The monoisotopic (exact) mass is 601 g/mol. The molecule has 0 atom stereocenters. The van der Waals surface area contributed by atoms with Crippen LogP contribution in [0.1, 0.15) is 0 Å². The molecule has 2 aromatic carbocycles. The second-order valence-electron chi connectivity index (χ2n) is 8.32. The quantitative estimate of drug-likeness (QED) is 0.102. The van der Waals surface area contributed by atoms with Gasteiger partial charge in [-0.1, -0.05) is 23.2 Å². The Morgan fingerprint density at radius 2 is 1.35 bits per heavy atom. The van der Waals surface area contributed by atoms with Gasteiger partial charge in [-0.3, -0.25) is 14.4 Å². The molecular weight excluding hydrogens is 577 g/mol. The molecule has 0 amide bonds. The van der Waals surface area contributed by atoms with Crippen molar-refractivity contribution in [3.63, 3.8) is 0 Å². The summed E-state index contributed by atoms with van der Waals surface area (Å²) in [5.74, 6) is 0.385. The number of nitrogens with zero attached hydrogens (tertiary/aromatic N) is 4. The van der Waals surface area contributed by atoms with Crippen LogP contribution in [0.15, 0.2) is 90.1 Å². The molecule has 2 heterocycles. The number of nitro groups is 1. The molecule has 4 aromatic rings. The first-order chi connectivity index (χ1) is 19.3. The maximum atomic E-state index is 13.8. The number of sulfonamides is 1. The minimum atomic E-state index is -4.08. The second kappa shape index (κ2) is 13.3. The third-order valence-corrected chi connectivity index (χ3v) is 7.97. The summed E-state index contributed by atoms with van der Waals surface area (Å²) < 4.78 is 28.8. The standard InChI is InChI=1S/C26H25Cl2N7O4S/c27-19-5-9-21(10-6-19)29-15-16-32-25-23(3-1-13-30-25)34(40(38,39)22-11-7-20(28)8-12-22)18-17-33-26-24(35(36)37)4-2-14-31-26/h1-14,29H,15-18H2,(H,30,32)(H,31,33). The van der Waals surface area contributed by atoms with Crippen molar-refractivity contribution in [1.82, 2.24) is 9.97 Å². The Hall–Kier alpha value is -4.13. The molecule has 0 bridgehead atoms. The van der Waals surface area contributed by atoms with Crippen molar-refractivity contribution in [2.75, 3.05) is 46.4 Å². The summed E-state index contributed by atoms with van der Waals surface area (Å²) in [5, 5.41) is 21.7. The summed E-state index contributed by atoms with van der Waals surface area (Å²) in [6.45, 7) is 0.894. The number of rotatable bonds is 13. The fourth-order valence-electron chi connectivity index (χ4n) is 3.75. The van der Waals surface area contributed by atoms with Crippen LogP contribution in [-0.2, 0) is 10.0 Å². The third-order valence-electron chi connectivity index (χ3n) is 5.64. The van der Waals surface area contributed by atoms with Crippen LogP contribution < -0.4 is 20.3 Å². The maximum Gasteiger partial charge on any atom is 0.311 e. The highest BCUT2D eigenvalue weighted by molar-refractivity contribution is 7.92. The Balaban J connectivity index is 1.56. The molecule has 4 rings (SSSR count). The van der Waals surface area contributed by atoms with Gasteiger partial charge in [0.15, 0.2) is 5.82 Å². The first-order valence-electron chi connectivity index (χ1n) is 12.1. The molecule has 0 unspecified atom stereocenters. The van der Waals surface area contributed by atoms with E-state index in [9.17, 15) is 18.5 Å². The van der Waals surface area contributed by atoms with E-state index in [1.165, 1.54) is 46.9 Å². The van der Waals surface area contributed by atoms with Crippen molar-refractivity contribution in [2.24, 2.45) is 0 Å². The molecule has 0 saturated heterocycles. The van der Waals surface area contributed by atoms with Crippen molar-refractivity contribution >= 4 is 61.9 Å². The molecule has 40 heavy (non-hydrogen) atoms. The molecule has 2 aromatic heterocycles. The fraction of sp³-hybridized carbons (Fsp3) is 0.154. The Kier molecular flexibility index (Phi) is 9.59. The van der Waals surface area contributed by atoms with Crippen LogP contribution in [0.4, 0.5) is 28.7 Å². The summed E-state index contributed by atoms with van der Waals surface area (Å²) in [7, 11) is -4.08. The molecule has 14 heteroatoms. The van der Waals surface area contributed by atoms with Crippen LogP contribution in [0.2, 0.25) is 10.0 Å². The van der Waals surface area contributed by atoms with Crippen LogP contribution in [0.25, 0.3) is 0 Å². The number of hydrogen-bond acceptors (Lipinski definition) is 9. The van der Waals surface area contributed by atoms with Crippen LogP contribution in [-0.4, -0.2) is 49.5 Å². The van der Waals surface area contributed by atoms with E-state index in [4.69, 9.17) is 23.2 Å². The predicted molar refractivity (Wildman–Crippen MR) is 158 cm³/mol. The van der Waals surface area contributed by atoms with E-state index in [2.05, 4.69) is 25.9 Å². The number of hydrogen-bond donors (Lipinski definition) is 3. The van der Waals surface area contributed by atoms with Gasteiger partial charge in [0.2, 0.25) is 5.82 Å². The van der Waals surface area contributed by atoms with Gasteiger partial charge in [0.05, 0.1) is 22.1 Å². The molecule has 208 valence electrons. The van der Waals surface area contributed by atoms with E-state index in [0.717, 1.165) is 5.69 Å². The zero-order valence-corrected chi connectivity index (χ0v) is 23.3. The summed E-state index contributed by atoms with van der Waals surface area (Å²) in [5.41, 5.74) is 0.974. The van der Waals surface area contributed by atoms with E-state index in [1.807, 2.05) is 12.1 Å². The number of benzene rings is 2. The van der Waals surface area contributed by atoms with E-state index in [0.29, 0.717) is 34.6 Å². The normalized spacial score (nSPS) is 11.1. The van der Waals surface area contributed by atoms with Gasteiger partial charge in [-0.05, 0) is 66.7 Å². The number of aromatic nitrogens is 2. The Bertz CT molecular complexity index is 1560. The Morgan fingerprint density at radius 1 is 0.775 bits per heavy atom. The minimum absolute atomic E-state index is 0.0249. The molecule has 11 nitrogen and oxygen atoms in total. The van der Waals surface area contributed by atoms with Gasteiger partial charge in [0.25, 0.3) is 10.0 Å². The summed E-state index contributed by atoms with van der Waals surface area (Å²) in [4.78, 5) is 19.2. The summed E-state index contributed by atoms with van der Waals surface area (Å²) in [6, 6.07) is 19.1. The molecule has 0 aliphatic rings. The summed E-state index contributed by atoms with van der Waals surface area (Å²) in [6.07, 6.45) is 2.97. The molecule has 3 N–H and O–H groups in total. The topological polar surface area (TPSA) is 142 Å². The molecular formula is C26H25Cl2N7O4S. The van der Waals surface area contributed by atoms with Gasteiger partial charge in [-0.15, -0.1) is 0 Å². The number of anilines is 4. The van der Waals surface area contributed by atoms with Gasteiger partial charge in [-0.25, -0.2) is 18.4 Å². The van der Waals surface area contributed by atoms with Crippen molar-refractivity contribution < 1.29 is 13.3 Å². The van der Waals surface area contributed by atoms with Crippen molar-refractivity contribution in [1.29, 1.82) is 0 Å². The number of nitrogens with one attached hydrogen (secondary N) is 3. The molecule has 0 fully saturated rings. The van der Waals surface area contributed by atoms with E-state index in [1.54, 1.807) is 30.5 Å². The van der Waals surface area contributed by atoms with Gasteiger partial charge in [0.1, 0.15) is 0 Å². The largest absolute Gasteiger partial charge is 0.383 e. The van der Waals surface area contributed by atoms with E-state index in [-0.39, 0.29) is 29.5 Å². The molecule has 0 radical (unpaired) electrons. The zero-order valence-electron chi connectivity index (χ0n) is 21.0. The van der Waals surface area contributed by atoms with Crippen molar-refractivity contribution in [3.05, 3.63) is 105 Å². The predicted octanol–water partition coefficient (Wildman–Crippen LogP) is 5.52. The number of pyridine rings is 2. The minimum Gasteiger partial charge on any atom is -0.383 e. The lowest BCUT2D eigenvalue weighted by Crippen LogP contribution is -2.36. The van der Waals surface area contributed by atoms with Crippen LogP contribution >= 0.6 is 23.2 Å². The highest BCUT2D eigenvalue weighted by Gasteiger charge is 2.27.